The van der Waals surface area contributed by atoms with Crippen LogP contribution in [0.5, 0.6) is 0 Å². The first-order valence-corrected chi connectivity index (χ1v) is 5.36. The molecule has 0 unspecified atom stereocenters. The summed E-state index contributed by atoms with van der Waals surface area (Å²) in [5, 5.41) is 7.28. The molecule has 1 heterocycles. The summed E-state index contributed by atoms with van der Waals surface area (Å²) in [4.78, 5) is 21.0. The van der Waals surface area contributed by atoms with E-state index in [-0.39, 0.29) is 0 Å². The van der Waals surface area contributed by atoms with Crippen molar-refractivity contribution in [1.82, 2.24) is 10.2 Å². The second-order valence-corrected chi connectivity index (χ2v) is 4.37. The molecule has 0 saturated heterocycles. The molecule has 0 bridgehead atoms. The van der Waals surface area contributed by atoms with E-state index in [1.165, 1.54) is 17.3 Å². The summed E-state index contributed by atoms with van der Waals surface area (Å²) in [5.74, 6) is 0. The summed E-state index contributed by atoms with van der Waals surface area (Å²) in [5.41, 5.74) is 2.27. The minimum atomic E-state index is -0.611. The van der Waals surface area contributed by atoms with E-state index >= 15 is 0 Å². The maximum absolute atomic E-state index is 10.5. The quantitative estimate of drug-likeness (QED) is 0.452. The number of carbonyl (C=O) groups excluding carboxylic acids is 2. The lowest BCUT2D eigenvalue weighted by molar-refractivity contribution is -0.113. The number of nitrogens with one attached hydrogen (secondary N) is 1. The molecule has 1 aromatic rings. The van der Waals surface area contributed by atoms with E-state index in [4.69, 9.17) is 0 Å². The van der Waals surface area contributed by atoms with E-state index in [2.05, 4.69) is 10.2 Å². The highest BCUT2D eigenvalue weighted by molar-refractivity contribution is 8.01. The number of hydrogen-bond donors (Lipinski definition) is 1. The molecule has 0 saturated carbocycles. The Morgan fingerprint density at radius 3 is 2.86 bits per heavy atom. The lowest BCUT2D eigenvalue weighted by Gasteiger charge is -2.00. The monoisotopic (exact) mass is 210 g/mol. The van der Waals surface area contributed by atoms with Crippen LogP contribution in [0.1, 0.15) is 17.7 Å². The highest BCUT2D eigenvalue weighted by Gasteiger charge is 2.20. The van der Waals surface area contributed by atoms with Gasteiger partial charge in [-0.05, 0) is 19.3 Å². The van der Waals surface area contributed by atoms with Crippen molar-refractivity contribution in [2.45, 2.75) is 29.5 Å². The molecule has 0 amide bonds. The molecule has 0 fully saturated rings. The van der Waals surface area contributed by atoms with E-state index in [0.29, 0.717) is 12.6 Å². The zero-order valence-electron chi connectivity index (χ0n) is 7.53. The Morgan fingerprint density at radius 1 is 1.36 bits per heavy atom. The molecule has 0 radical (unpaired) electrons. The molecule has 14 heavy (non-hydrogen) atoms. The van der Waals surface area contributed by atoms with Crippen LogP contribution in [0.4, 0.5) is 0 Å². The van der Waals surface area contributed by atoms with E-state index in [0.717, 1.165) is 30.0 Å². The van der Waals surface area contributed by atoms with E-state index < -0.39 is 5.25 Å². The molecule has 0 atom stereocenters. The normalized spacial score (nSPS) is 14.4. The van der Waals surface area contributed by atoms with Crippen molar-refractivity contribution in [3.05, 3.63) is 11.3 Å². The third-order valence-electron chi connectivity index (χ3n) is 2.28. The Kier molecular flexibility index (Phi) is 2.67. The zero-order chi connectivity index (χ0) is 9.97. The van der Waals surface area contributed by atoms with Crippen LogP contribution in [-0.2, 0) is 22.4 Å². The maximum atomic E-state index is 10.5. The summed E-state index contributed by atoms with van der Waals surface area (Å²) in [6.45, 7) is 0. The Balaban J connectivity index is 2.16. The first-order chi connectivity index (χ1) is 6.85. The van der Waals surface area contributed by atoms with Crippen LogP contribution in [0.2, 0.25) is 0 Å². The van der Waals surface area contributed by atoms with Crippen molar-refractivity contribution in [3.63, 3.8) is 0 Å². The number of thioether (sulfide) groups is 1. The van der Waals surface area contributed by atoms with E-state index in [9.17, 15) is 9.59 Å². The van der Waals surface area contributed by atoms with Crippen LogP contribution >= 0.6 is 11.8 Å². The molecule has 0 spiro atoms. The van der Waals surface area contributed by atoms with Crippen molar-refractivity contribution >= 4 is 24.3 Å². The Bertz CT molecular complexity index is 354. The van der Waals surface area contributed by atoms with Gasteiger partial charge in [0, 0.05) is 5.56 Å². The minimum Gasteiger partial charge on any atom is -0.302 e. The van der Waals surface area contributed by atoms with Crippen LogP contribution in [-0.4, -0.2) is 28.0 Å². The summed E-state index contributed by atoms with van der Waals surface area (Å²) < 4.78 is 0. The fraction of sp³-hybridized carbons (Fsp3) is 0.444. The Morgan fingerprint density at radius 2 is 2.14 bits per heavy atom. The largest absolute Gasteiger partial charge is 0.302 e. The van der Waals surface area contributed by atoms with Gasteiger partial charge in [-0.2, -0.15) is 5.10 Å². The molecule has 4 nitrogen and oxygen atoms in total. The van der Waals surface area contributed by atoms with Gasteiger partial charge < -0.3 is 9.59 Å². The first kappa shape index (κ1) is 9.45. The number of H-pyrrole nitrogens is 1. The molecular formula is C9H10N2O2S. The third-order valence-corrected chi connectivity index (χ3v) is 3.35. The van der Waals surface area contributed by atoms with Gasteiger partial charge in [0.1, 0.15) is 17.8 Å². The van der Waals surface area contributed by atoms with Crippen LogP contribution in [0.15, 0.2) is 5.03 Å². The van der Waals surface area contributed by atoms with Gasteiger partial charge in [-0.25, -0.2) is 0 Å². The highest BCUT2D eigenvalue weighted by atomic mass is 32.2. The second-order valence-electron chi connectivity index (χ2n) is 3.19. The molecule has 1 aromatic heterocycles. The van der Waals surface area contributed by atoms with Crippen LogP contribution in [0.25, 0.3) is 0 Å². The number of nitrogens with zero attached hydrogens (tertiary/aromatic N) is 1. The van der Waals surface area contributed by atoms with Crippen molar-refractivity contribution in [3.8, 4) is 0 Å². The van der Waals surface area contributed by atoms with Crippen molar-refractivity contribution in [2.24, 2.45) is 0 Å². The van der Waals surface area contributed by atoms with Gasteiger partial charge in [0.15, 0.2) is 0 Å². The van der Waals surface area contributed by atoms with Gasteiger partial charge >= 0.3 is 0 Å². The summed E-state index contributed by atoms with van der Waals surface area (Å²) in [6, 6.07) is 0. The number of carbonyl (C=O) groups is 2. The second kappa shape index (κ2) is 3.96. The number of aryl methyl sites for hydroxylation is 1. The molecule has 5 heteroatoms. The minimum absolute atomic E-state index is 0.611. The fourth-order valence-electron chi connectivity index (χ4n) is 1.60. The Labute approximate surface area is 85.5 Å². The topological polar surface area (TPSA) is 62.8 Å². The molecule has 1 aliphatic rings. The number of fused-ring (bicyclic) bond motifs is 1. The summed E-state index contributed by atoms with van der Waals surface area (Å²) in [6.07, 6.45) is 4.42. The average Bonchev–Trinajstić information content (AvgIpc) is 2.77. The lowest BCUT2D eigenvalue weighted by Crippen LogP contribution is -2.05. The van der Waals surface area contributed by atoms with Gasteiger partial charge in [-0.1, -0.05) is 11.8 Å². The molecule has 74 valence electrons. The molecule has 1 N–H and O–H groups in total. The zero-order valence-corrected chi connectivity index (χ0v) is 8.34. The lowest BCUT2D eigenvalue weighted by atomic mass is 10.3. The molecule has 0 aliphatic heterocycles. The van der Waals surface area contributed by atoms with Crippen LogP contribution in [0, 0.1) is 0 Å². The van der Waals surface area contributed by atoms with Crippen molar-refractivity contribution < 1.29 is 9.59 Å². The number of aldehydes is 2. The third kappa shape index (κ3) is 1.59. The van der Waals surface area contributed by atoms with E-state index in [1.54, 1.807) is 0 Å². The van der Waals surface area contributed by atoms with Crippen molar-refractivity contribution in [1.29, 1.82) is 0 Å². The molecule has 2 rings (SSSR count). The summed E-state index contributed by atoms with van der Waals surface area (Å²) >= 11 is 1.25. The van der Waals surface area contributed by atoms with Gasteiger partial charge in [-0.15, -0.1) is 0 Å². The highest BCUT2D eigenvalue weighted by Crippen LogP contribution is 2.30. The van der Waals surface area contributed by atoms with Crippen LogP contribution < -0.4 is 0 Å². The first-order valence-electron chi connectivity index (χ1n) is 4.48. The maximum Gasteiger partial charge on any atom is 0.140 e. The summed E-state index contributed by atoms with van der Waals surface area (Å²) in [7, 11) is 0. The standard InChI is InChI=1S/C9H10N2O2S/c12-4-6(5-13)14-9-7-2-1-3-8(7)10-11-9/h4-6H,1-3H2,(H,10,11). The van der Waals surface area contributed by atoms with Gasteiger partial charge in [0.2, 0.25) is 0 Å². The SMILES string of the molecule is O=CC(C=O)Sc1[nH]nc2c1CCC2. The number of aromatic nitrogens is 2. The number of rotatable bonds is 4. The fourth-order valence-corrected chi connectivity index (χ4v) is 2.45. The predicted molar refractivity (Wildman–Crippen MR) is 52.4 cm³/mol. The van der Waals surface area contributed by atoms with E-state index in [1.807, 2.05) is 0 Å². The number of aromatic amines is 1. The predicted octanol–water partition coefficient (Wildman–Crippen LogP) is 0.757. The Hall–Kier alpha value is -1.10. The molecular weight excluding hydrogens is 200 g/mol. The molecule has 0 aromatic carbocycles. The smallest absolute Gasteiger partial charge is 0.140 e. The molecule has 1 aliphatic carbocycles. The number of hydrogen-bond acceptors (Lipinski definition) is 4. The van der Waals surface area contributed by atoms with Gasteiger partial charge in [0.05, 0.1) is 10.7 Å². The van der Waals surface area contributed by atoms with Crippen LogP contribution in [0.3, 0.4) is 0 Å². The van der Waals surface area contributed by atoms with Gasteiger partial charge in [0.25, 0.3) is 0 Å². The van der Waals surface area contributed by atoms with Crippen molar-refractivity contribution in [2.75, 3.05) is 0 Å². The average molecular weight is 210 g/mol. The van der Waals surface area contributed by atoms with Gasteiger partial charge in [-0.3, -0.25) is 5.10 Å².